The summed E-state index contributed by atoms with van der Waals surface area (Å²) in [6, 6.07) is 3.68. The van der Waals surface area contributed by atoms with E-state index in [4.69, 9.17) is 0 Å². The van der Waals surface area contributed by atoms with Crippen molar-refractivity contribution in [3.63, 3.8) is 0 Å². The number of hydrogen-bond acceptors (Lipinski definition) is 2. The van der Waals surface area contributed by atoms with Crippen LogP contribution in [0.5, 0.6) is 11.5 Å². The highest BCUT2D eigenvalue weighted by Gasteiger charge is 2.30. The van der Waals surface area contributed by atoms with Gasteiger partial charge in [-0.25, -0.2) is 0 Å². The highest BCUT2D eigenvalue weighted by molar-refractivity contribution is 5.51. The molecule has 0 bridgehead atoms. The lowest BCUT2D eigenvalue weighted by Crippen LogP contribution is -2.17. The maximum Gasteiger partial charge on any atom is 0.123 e. The van der Waals surface area contributed by atoms with E-state index in [-0.39, 0.29) is 23.3 Å². The minimum atomic E-state index is 0.0189. The monoisotopic (exact) mass is 328 g/mol. The molecule has 1 aliphatic rings. The standard InChI is InChI=1S/C22H32O2/c1-5-6-7-8-9-17-13-20(23)22(21(24)14-17)19-12-16(4)10-11-18(19)15(2)3/h12-14,18-19,23-24H,2,5-11H2,1,3-4H3/t18-,19+/m0/s1. The summed E-state index contributed by atoms with van der Waals surface area (Å²) in [4.78, 5) is 0. The Morgan fingerprint density at radius 3 is 2.42 bits per heavy atom. The molecular formula is C22H32O2. The van der Waals surface area contributed by atoms with E-state index in [2.05, 4.69) is 26.5 Å². The summed E-state index contributed by atoms with van der Waals surface area (Å²) in [6.45, 7) is 10.5. The second kappa shape index (κ2) is 8.41. The van der Waals surface area contributed by atoms with Crippen LogP contribution in [0.25, 0.3) is 0 Å². The molecule has 0 fully saturated rings. The van der Waals surface area contributed by atoms with Crippen molar-refractivity contribution in [3.8, 4) is 11.5 Å². The van der Waals surface area contributed by atoms with Crippen molar-refractivity contribution >= 4 is 0 Å². The summed E-state index contributed by atoms with van der Waals surface area (Å²) in [5, 5.41) is 21.2. The smallest absolute Gasteiger partial charge is 0.123 e. The molecule has 0 unspecified atom stereocenters. The molecule has 2 rings (SSSR count). The second-order valence-corrected chi connectivity index (χ2v) is 7.39. The lowest BCUT2D eigenvalue weighted by atomic mass is 9.73. The first-order chi connectivity index (χ1) is 11.4. The topological polar surface area (TPSA) is 40.5 Å². The van der Waals surface area contributed by atoms with Gasteiger partial charge in [-0.05, 0) is 63.1 Å². The van der Waals surface area contributed by atoms with E-state index in [1.165, 1.54) is 24.8 Å². The van der Waals surface area contributed by atoms with Gasteiger partial charge in [0.2, 0.25) is 0 Å². The van der Waals surface area contributed by atoms with Gasteiger partial charge in [-0.3, -0.25) is 0 Å². The minimum Gasteiger partial charge on any atom is -0.507 e. The molecule has 1 aromatic carbocycles. The summed E-state index contributed by atoms with van der Waals surface area (Å²) in [5.74, 6) is 0.747. The zero-order valence-corrected chi connectivity index (χ0v) is 15.4. The Hall–Kier alpha value is -1.70. The van der Waals surface area contributed by atoms with E-state index in [1.807, 2.05) is 19.1 Å². The van der Waals surface area contributed by atoms with Gasteiger partial charge in [0.15, 0.2) is 0 Å². The van der Waals surface area contributed by atoms with Gasteiger partial charge in [0.05, 0.1) is 0 Å². The molecule has 1 aliphatic carbocycles. The lowest BCUT2D eigenvalue weighted by molar-refractivity contribution is 0.406. The van der Waals surface area contributed by atoms with Crippen LogP contribution in [-0.4, -0.2) is 10.2 Å². The van der Waals surface area contributed by atoms with Gasteiger partial charge in [0.1, 0.15) is 11.5 Å². The molecule has 0 saturated carbocycles. The average Bonchev–Trinajstić information content (AvgIpc) is 2.51. The highest BCUT2D eigenvalue weighted by Crippen LogP contribution is 2.46. The largest absolute Gasteiger partial charge is 0.507 e. The maximum atomic E-state index is 10.6. The van der Waals surface area contributed by atoms with Crippen molar-refractivity contribution in [1.82, 2.24) is 0 Å². The van der Waals surface area contributed by atoms with Crippen LogP contribution in [0.15, 0.2) is 35.9 Å². The van der Waals surface area contributed by atoms with Gasteiger partial charge >= 0.3 is 0 Å². The fraction of sp³-hybridized carbons (Fsp3) is 0.545. The first kappa shape index (κ1) is 18.6. The molecule has 0 amide bonds. The third-order valence-corrected chi connectivity index (χ3v) is 5.23. The molecule has 0 aliphatic heterocycles. The number of aromatic hydroxyl groups is 2. The van der Waals surface area contributed by atoms with Crippen LogP contribution in [0.4, 0.5) is 0 Å². The molecule has 24 heavy (non-hydrogen) atoms. The van der Waals surface area contributed by atoms with Crippen LogP contribution in [0, 0.1) is 5.92 Å². The normalized spacial score (nSPS) is 20.7. The highest BCUT2D eigenvalue weighted by atomic mass is 16.3. The Morgan fingerprint density at radius 2 is 1.83 bits per heavy atom. The van der Waals surface area contributed by atoms with Gasteiger partial charge in [0, 0.05) is 11.5 Å². The van der Waals surface area contributed by atoms with E-state index in [9.17, 15) is 10.2 Å². The van der Waals surface area contributed by atoms with Crippen molar-refractivity contribution in [1.29, 1.82) is 0 Å². The van der Waals surface area contributed by atoms with Crippen molar-refractivity contribution in [2.24, 2.45) is 5.92 Å². The minimum absolute atomic E-state index is 0.0189. The molecule has 1 aromatic rings. The molecule has 2 atom stereocenters. The van der Waals surface area contributed by atoms with E-state index < -0.39 is 0 Å². The summed E-state index contributed by atoms with van der Waals surface area (Å²) in [7, 11) is 0. The number of rotatable bonds is 7. The van der Waals surface area contributed by atoms with E-state index in [0.717, 1.165) is 36.8 Å². The SMILES string of the molecule is C=C(C)[C@@H]1CCC(C)=C[C@H]1c1c(O)cc(CCCCCC)cc1O. The second-order valence-electron chi connectivity index (χ2n) is 7.39. The number of allylic oxidation sites excluding steroid dienone is 3. The number of benzene rings is 1. The van der Waals surface area contributed by atoms with Crippen LogP contribution >= 0.6 is 0 Å². The fourth-order valence-corrected chi connectivity index (χ4v) is 3.83. The van der Waals surface area contributed by atoms with Crippen LogP contribution in [0.1, 0.15) is 76.3 Å². The Bertz CT molecular complexity index is 589. The van der Waals surface area contributed by atoms with Gasteiger partial charge in [-0.1, -0.05) is 50.0 Å². The number of phenolic OH excluding ortho intramolecular Hbond substituents is 2. The number of hydrogen-bond donors (Lipinski definition) is 2. The van der Waals surface area contributed by atoms with Crippen LogP contribution in [0.2, 0.25) is 0 Å². The number of unbranched alkanes of at least 4 members (excludes halogenated alkanes) is 3. The van der Waals surface area contributed by atoms with Crippen molar-refractivity contribution in [2.75, 3.05) is 0 Å². The first-order valence-electron chi connectivity index (χ1n) is 9.31. The maximum absolute atomic E-state index is 10.6. The summed E-state index contributed by atoms with van der Waals surface area (Å²) in [5.41, 5.74) is 4.12. The third kappa shape index (κ3) is 4.43. The van der Waals surface area contributed by atoms with Crippen molar-refractivity contribution in [3.05, 3.63) is 47.1 Å². The number of phenols is 2. The van der Waals surface area contributed by atoms with Gasteiger partial charge in [0.25, 0.3) is 0 Å². The molecule has 0 radical (unpaired) electrons. The van der Waals surface area contributed by atoms with Crippen LogP contribution < -0.4 is 0 Å². The number of aryl methyl sites for hydroxylation is 1. The molecule has 2 nitrogen and oxygen atoms in total. The van der Waals surface area contributed by atoms with E-state index >= 15 is 0 Å². The van der Waals surface area contributed by atoms with Crippen molar-refractivity contribution in [2.45, 2.75) is 71.6 Å². The van der Waals surface area contributed by atoms with E-state index in [1.54, 1.807) is 0 Å². The molecular weight excluding hydrogens is 296 g/mol. The summed E-state index contributed by atoms with van der Waals surface area (Å²) >= 11 is 0. The van der Waals surface area contributed by atoms with E-state index in [0.29, 0.717) is 5.56 Å². The molecule has 0 saturated heterocycles. The molecule has 0 aromatic heterocycles. The predicted molar refractivity (Wildman–Crippen MR) is 102 cm³/mol. The first-order valence-corrected chi connectivity index (χ1v) is 9.31. The van der Waals surface area contributed by atoms with Crippen LogP contribution in [0.3, 0.4) is 0 Å². The molecule has 2 heteroatoms. The van der Waals surface area contributed by atoms with Gasteiger partial charge in [-0.2, -0.15) is 0 Å². The zero-order chi connectivity index (χ0) is 17.7. The molecule has 0 heterocycles. The average molecular weight is 328 g/mol. The van der Waals surface area contributed by atoms with Gasteiger partial charge < -0.3 is 10.2 Å². The zero-order valence-electron chi connectivity index (χ0n) is 15.4. The lowest BCUT2D eigenvalue weighted by Gasteiger charge is -2.31. The molecule has 2 N–H and O–H groups in total. The summed E-state index contributed by atoms with van der Waals surface area (Å²) < 4.78 is 0. The van der Waals surface area contributed by atoms with Crippen molar-refractivity contribution < 1.29 is 10.2 Å². The summed E-state index contributed by atoms with van der Waals surface area (Å²) in [6.07, 6.45) is 9.94. The van der Waals surface area contributed by atoms with Gasteiger partial charge in [-0.15, -0.1) is 0 Å². The Labute approximate surface area is 146 Å². The Morgan fingerprint density at radius 1 is 1.17 bits per heavy atom. The van der Waals surface area contributed by atoms with Crippen LogP contribution in [-0.2, 0) is 6.42 Å². The predicted octanol–water partition coefficient (Wildman–Crippen LogP) is 6.24. The Balaban J connectivity index is 2.26. The third-order valence-electron chi connectivity index (χ3n) is 5.23. The quantitative estimate of drug-likeness (QED) is 0.459. The fourth-order valence-electron chi connectivity index (χ4n) is 3.83. The Kier molecular flexibility index (Phi) is 6.53. The molecule has 132 valence electrons. The molecule has 0 spiro atoms.